The number of hydrogen-bond donors (Lipinski definition) is 1. The van der Waals surface area contributed by atoms with E-state index in [0.29, 0.717) is 5.92 Å². The smallest absolute Gasteiger partial charge is 0.223 e. The fourth-order valence-electron chi connectivity index (χ4n) is 1.56. The van der Waals surface area contributed by atoms with Crippen LogP contribution in [-0.2, 0) is 16.9 Å². The molecule has 1 heterocycles. The Hall–Kier alpha value is -1.39. The molecule has 5 nitrogen and oxygen atoms in total. The van der Waals surface area contributed by atoms with Crippen molar-refractivity contribution in [2.24, 2.45) is 11.8 Å². The molecule has 0 spiro atoms. The number of nitrogens with one attached hydrogen (secondary N) is 1. The lowest BCUT2D eigenvalue weighted by Crippen LogP contribution is -2.43. The van der Waals surface area contributed by atoms with Gasteiger partial charge in [0, 0.05) is 12.5 Å². The maximum atomic E-state index is 11.8. The molecule has 1 rings (SSSR count). The van der Waals surface area contributed by atoms with E-state index in [4.69, 9.17) is 0 Å². The van der Waals surface area contributed by atoms with Gasteiger partial charge in [0.25, 0.3) is 0 Å². The van der Waals surface area contributed by atoms with Gasteiger partial charge >= 0.3 is 0 Å². The first-order chi connectivity index (χ1) is 8.22. The van der Waals surface area contributed by atoms with Crippen molar-refractivity contribution in [2.45, 2.75) is 53.6 Å². The molecule has 0 aliphatic carbocycles. The predicted molar refractivity (Wildman–Crippen MR) is 70.9 cm³/mol. The number of amides is 1. The zero-order valence-corrected chi connectivity index (χ0v) is 12.2. The molecule has 0 atom stereocenters. The Morgan fingerprint density at radius 1 is 1.39 bits per heavy atom. The van der Waals surface area contributed by atoms with Crippen LogP contribution >= 0.6 is 0 Å². The summed E-state index contributed by atoms with van der Waals surface area (Å²) in [4.78, 5) is 11.8. The van der Waals surface area contributed by atoms with Crippen molar-refractivity contribution in [1.82, 2.24) is 20.3 Å². The van der Waals surface area contributed by atoms with Crippen molar-refractivity contribution < 1.29 is 4.79 Å². The second-order valence-corrected chi connectivity index (χ2v) is 5.99. The van der Waals surface area contributed by atoms with E-state index in [-0.39, 0.29) is 11.8 Å². The van der Waals surface area contributed by atoms with Gasteiger partial charge < -0.3 is 5.32 Å². The molecular weight excluding hydrogens is 228 g/mol. The van der Waals surface area contributed by atoms with Gasteiger partial charge in [-0.3, -0.25) is 9.48 Å². The number of carbonyl (C=O) groups excluding carboxylic acids is 1. The van der Waals surface area contributed by atoms with Crippen LogP contribution < -0.4 is 5.32 Å². The van der Waals surface area contributed by atoms with Crippen LogP contribution in [0, 0.1) is 11.8 Å². The Balaban J connectivity index is 2.78. The Bertz CT molecular complexity index is 407. The topological polar surface area (TPSA) is 59.8 Å². The van der Waals surface area contributed by atoms with Gasteiger partial charge in [-0.25, -0.2) is 0 Å². The van der Waals surface area contributed by atoms with Crippen LogP contribution in [0.15, 0.2) is 6.20 Å². The van der Waals surface area contributed by atoms with Crippen molar-refractivity contribution in [3.8, 4) is 0 Å². The first-order valence-electron chi connectivity index (χ1n) is 6.45. The van der Waals surface area contributed by atoms with Gasteiger partial charge in [-0.05, 0) is 19.8 Å². The quantitative estimate of drug-likeness (QED) is 0.871. The Labute approximate surface area is 109 Å². The van der Waals surface area contributed by atoms with Crippen molar-refractivity contribution in [2.75, 3.05) is 0 Å². The summed E-state index contributed by atoms with van der Waals surface area (Å²) in [6.07, 6.45) is 1.90. The van der Waals surface area contributed by atoms with E-state index in [1.54, 1.807) is 0 Å². The summed E-state index contributed by atoms with van der Waals surface area (Å²) in [5, 5.41) is 11.2. The molecule has 102 valence electrons. The van der Waals surface area contributed by atoms with Crippen LogP contribution in [0.1, 0.15) is 47.2 Å². The summed E-state index contributed by atoms with van der Waals surface area (Å²) >= 11 is 0. The minimum absolute atomic E-state index is 0.0263. The number of rotatable bonds is 5. The summed E-state index contributed by atoms with van der Waals surface area (Å²) in [6.45, 7) is 12.7. The van der Waals surface area contributed by atoms with Crippen LogP contribution in [0.2, 0.25) is 0 Å². The molecule has 1 N–H and O–H groups in total. The molecule has 1 aromatic rings. The molecule has 0 aliphatic rings. The van der Waals surface area contributed by atoms with Gasteiger partial charge in [0.2, 0.25) is 5.91 Å². The molecule has 0 bridgehead atoms. The van der Waals surface area contributed by atoms with Crippen LogP contribution in [0.5, 0.6) is 0 Å². The predicted octanol–water partition coefficient (Wildman–Crippen LogP) is 1.94. The number of aromatic nitrogens is 3. The lowest BCUT2D eigenvalue weighted by molar-refractivity contribution is -0.125. The zero-order valence-electron chi connectivity index (χ0n) is 12.2. The molecule has 1 amide bonds. The van der Waals surface area contributed by atoms with E-state index in [2.05, 4.69) is 29.5 Å². The molecule has 0 fully saturated rings. The monoisotopic (exact) mass is 252 g/mol. The highest BCUT2D eigenvalue weighted by Crippen LogP contribution is 2.18. The molecule has 0 aromatic carbocycles. The average Bonchev–Trinajstić information content (AvgIpc) is 2.64. The highest BCUT2D eigenvalue weighted by atomic mass is 16.2. The Kier molecular flexibility index (Phi) is 4.48. The highest BCUT2D eigenvalue weighted by molar-refractivity contribution is 5.78. The largest absolute Gasteiger partial charge is 0.345 e. The maximum absolute atomic E-state index is 11.8. The van der Waals surface area contributed by atoms with Crippen molar-refractivity contribution >= 4 is 5.91 Å². The van der Waals surface area contributed by atoms with E-state index in [0.717, 1.165) is 12.2 Å². The molecule has 0 saturated carbocycles. The molecule has 18 heavy (non-hydrogen) atoms. The van der Waals surface area contributed by atoms with Crippen LogP contribution in [-0.4, -0.2) is 20.9 Å². The van der Waals surface area contributed by atoms with Crippen LogP contribution in [0.4, 0.5) is 0 Å². The summed E-state index contributed by atoms with van der Waals surface area (Å²) in [7, 11) is 0. The third-order valence-electron chi connectivity index (χ3n) is 2.69. The maximum Gasteiger partial charge on any atom is 0.223 e. The van der Waals surface area contributed by atoms with Gasteiger partial charge in [0.1, 0.15) is 5.69 Å². The van der Waals surface area contributed by atoms with E-state index >= 15 is 0 Å². The van der Waals surface area contributed by atoms with Crippen molar-refractivity contribution in [3.05, 3.63) is 11.9 Å². The standard InChI is InChI=1S/C13H24N4O/c1-9(2)7-17-8-11(15-16-17)13(5,6)14-12(18)10(3)4/h8-10H,7H2,1-6H3,(H,14,18). The molecule has 0 unspecified atom stereocenters. The van der Waals surface area contributed by atoms with E-state index in [9.17, 15) is 4.79 Å². The summed E-state index contributed by atoms with van der Waals surface area (Å²) in [5.74, 6) is 0.515. The fourth-order valence-corrected chi connectivity index (χ4v) is 1.56. The van der Waals surface area contributed by atoms with E-state index < -0.39 is 5.54 Å². The minimum atomic E-state index is -0.490. The van der Waals surface area contributed by atoms with Gasteiger partial charge in [-0.1, -0.05) is 32.9 Å². The number of hydrogen-bond acceptors (Lipinski definition) is 3. The van der Waals surface area contributed by atoms with Gasteiger partial charge in [0.05, 0.1) is 11.7 Å². The number of nitrogens with zero attached hydrogens (tertiary/aromatic N) is 3. The van der Waals surface area contributed by atoms with Crippen LogP contribution in [0.3, 0.4) is 0 Å². The third-order valence-corrected chi connectivity index (χ3v) is 2.69. The van der Waals surface area contributed by atoms with Gasteiger partial charge in [-0.2, -0.15) is 0 Å². The minimum Gasteiger partial charge on any atom is -0.345 e. The average molecular weight is 252 g/mol. The first-order valence-corrected chi connectivity index (χ1v) is 6.45. The summed E-state index contributed by atoms with van der Waals surface area (Å²) < 4.78 is 1.82. The molecular formula is C13H24N4O. The Morgan fingerprint density at radius 2 is 2.00 bits per heavy atom. The first kappa shape index (κ1) is 14.7. The SMILES string of the molecule is CC(C)Cn1cc(C(C)(C)NC(=O)C(C)C)nn1. The second kappa shape index (κ2) is 5.50. The fraction of sp³-hybridized carbons (Fsp3) is 0.769. The van der Waals surface area contributed by atoms with Crippen LogP contribution in [0.25, 0.3) is 0 Å². The van der Waals surface area contributed by atoms with Crippen molar-refractivity contribution in [1.29, 1.82) is 0 Å². The lowest BCUT2D eigenvalue weighted by atomic mass is 10.0. The van der Waals surface area contributed by atoms with Gasteiger partial charge in [-0.15, -0.1) is 5.10 Å². The molecule has 5 heteroatoms. The second-order valence-electron chi connectivity index (χ2n) is 5.99. The number of carbonyl (C=O) groups is 1. The molecule has 0 saturated heterocycles. The Morgan fingerprint density at radius 3 is 2.50 bits per heavy atom. The van der Waals surface area contributed by atoms with E-state index in [1.807, 2.05) is 38.6 Å². The molecule has 0 radical (unpaired) electrons. The highest BCUT2D eigenvalue weighted by Gasteiger charge is 2.27. The van der Waals surface area contributed by atoms with E-state index in [1.165, 1.54) is 0 Å². The van der Waals surface area contributed by atoms with Gasteiger partial charge in [0.15, 0.2) is 0 Å². The lowest BCUT2D eigenvalue weighted by Gasteiger charge is -2.24. The third kappa shape index (κ3) is 3.82. The zero-order chi connectivity index (χ0) is 13.9. The summed E-state index contributed by atoms with van der Waals surface area (Å²) in [5.41, 5.74) is 0.300. The van der Waals surface area contributed by atoms with Crippen molar-refractivity contribution in [3.63, 3.8) is 0 Å². The normalized spacial score (nSPS) is 12.2. The molecule has 0 aliphatic heterocycles. The molecule has 1 aromatic heterocycles. The summed E-state index contributed by atoms with van der Waals surface area (Å²) in [6, 6.07) is 0.